The van der Waals surface area contributed by atoms with Crippen molar-refractivity contribution in [3.63, 3.8) is 0 Å². The second-order valence-corrected chi connectivity index (χ2v) is 4.46. The average molecular weight is 286 g/mol. The zero-order chi connectivity index (χ0) is 14.1. The van der Waals surface area contributed by atoms with Crippen molar-refractivity contribution in [1.82, 2.24) is 5.32 Å². The zero-order valence-corrected chi connectivity index (χ0v) is 12.1. The van der Waals surface area contributed by atoms with Crippen molar-refractivity contribution in [2.24, 2.45) is 0 Å². The first-order valence-corrected chi connectivity index (χ1v) is 6.83. The van der Waals surface area contributed by atoms with Gasteiger partial charge in [-0.1, -0.05) is 13.0 Å². The van der Waals surface area contributed by atoms with E-state index in [9.17, 15) is 4.79 Å². The van der Waals surface area contributed by atoms with Gasteiger partial charge >= 0.3 is 0 Å². The fourth-order valence-electron chi connectivity index (χ4n) is 1.54. The van der Waals surface area contributed by atoms with Crippen LogP contribution in [0.5, 0.6) is 5.75 Å². The highest BCUT2D eigenvalue weighted by Gasteiger charge is 2.13. The molecule has 0 saturated heterocycles. The van der Waals surface area contributed by atoms with Crippen molar-refractivity contribution in [1.29, 1.82) is 0 Å². The summed E-state index contributed by atoms with van der Waals surface area (Å²) in [7, 11) is 1.57. The Kier molecular flexibility index (Phi) is 7.30. The van der Waals surface area contributed by atoms with Gasteiger partial charge in [0.05, 0.1) is 19.3 Å². The second-order valence-electron chi connectivity index (χ2n) is 4.16. The van der Waals surface area contributed by atoms with Crippen LogP contribution in [0.25, 0.3) is 0 Å². The van der Waals surface area contributed by atoms with Crippen LogP contribution in [0, 0.1) is 0 Å². The zero-order valence-electron chi connectivity index (χ0n) is 11.3. The number of hydrogen-bond acceptors (Lipinski definition) is 3. The summed E-state index contributed by atoms with van der Waals surface area (Å²) < 4.78 is 10.5. The van der Waals surface area contributed by atoms with E-state index in [4.69, 9.17) is 21.1 Å². The maximum atomic E-state index is 12.0. The van der Waals surface area contributed by atoms with Crippen molar-refractivity contribution < 1.29 is 14.3 Å². The maximum Gasteiger partial charge on any atom is 0.251 e. The Morgan fingerprint density at radius 1 is 1.47 bits per heavy atom. The Balaban J connectivity index is 2.65. The summed E-state index contributed by atoms with van der Waals surface area (Å²) in [5.41, 5.74) is 0.555. The molecule has 0 bridgehead atoms. The van der Waals surface area contributed by atoms with E-state index in [1.54, 1.807) is 25.3 Å². The normalized spacial score (nSPS) is 11.9. The molecule has 1 amide bonds. The molecule has 0 aliphatic rings. The van der Waals surface area contributed by atoms with Crippen LogP contribution < -0.4 is 10.1 Å². The number of carbonyl (C=O) groups excluding carboxylic acids is 1. The summed E-state index contributed by atoms with van der Waals surface area (Å²) in [6.45, 7) is 3.06. The summed E-state index contributed by atoms with van der Waals surface area (Å²) in [4.78, 5) is 12.0. The molecule has 0 aliphatic heterocycles. The molecular weight excluding hydrogens is 266 g/mol. The molecule has 0 spiro atoms. The van der Waals surface area contributed by atoms with Gasteiger partial charge in [0.1, 0.15) is 5.75 Å². The minimum atomic E-state index is -0.195. The van der Waals surface area contributed by atoms with Crippen molar-refractivity contribution in [3.05, 3.63) is 29.8 Å². The molecule has 0 radical (unpaired) electrons. The van der Waals surface area contributed by atoms with Gasteiger partial charge in [0, 0.05) is 18.6 Å². The number of halogens is 1. The van der Waals surface area contributed by atoms with E-state index in [0.29, 0.717) is 30.4 Å². The van der Waals surface area contributed by atoms with Crippen LogP contribution in [0.3, 0.4) is 0 Å². The van der Waals surface area contributed by atoms with Crippen LogP contribution >= 0.6 is 11.6 Å². The molecule has 19 heavy (non-hydrogen) atoms. The summed E-state index contributed by atoms with van der Waals surface area (Å²) >= 11 is 5.76. The van der Waals surface area contributed by atoms with Crippen molar-refractivity contribution in [2.45, 2.75) is 19.4 Å². The highest BCUT2D eigenvalue weighted by Crippen LogP contribution is 2.13. The van der Waals surface area contributed by atoms with Gasteiger partial charge in [-0.3, -0.25) is 4.79 Å². The minimum absolute atomic E-state index is 0.176. The number of amides is 1. The maximum absolute atomic E-state index is 12.0. The lowest BCUT2D eigenvalue weighted by Crippen LogP contribution is -2.39. The van der Waals surface area contributed by atoms with E-state index in [0.717, 1.165) is 6.42 Å². The number of alkyl halides is 1. The Hall–Kier alpha value is -1.26. The quantitative estimate of drug-likeness (QED) is 0.747. The van der Waals surface area contributed by atoms with Crippen molar-refractivity contribution >= 4 is 17.5 Å². The predicted molar refractivity (Wildman–Crippen MR) is 76.1 cm³/mol. The van der Waals surface area contributed by atoms with Crippen LogP contribution in [0.1, 0.15) is 23.7 Å². The fourth-order valence-corrected chi connectivity index (χ4v) is 1.71. The molecular formula is C14H20ClNO3. The van der Waals surface area contributed by atoms with E-state index in [1.807, 2.05) is 13.0 Å². The lowest BCUT2D eigenvalue weighted by molar-refractivity contribution is 0.0906. The van der Waals surface area contributed by atoms with Gasteiger partial charge in [-0.25, -0.2) is 0 Å². The molecule has 1 N–H and O–H groups in total. The number of rotatable bonds is 8. The van der Waals surface area contributed by atoms with Gasteiger partial charge in [0.25, 0.3) is 5.91 Å². The third kappa shape index (κ3) is 5.49. The topological polar surface area (TPSA) is 47.6 Å². The molecule has 0 fully saturated rings. The number of carbonyl (C=O) groups is 1. The number of methoxy groups -OCH3 is 1. The molecule has 0 heterocycles. The van der Waals surface area contributed by atoms with Crippen molar-refractivity contribution in [2.75, 3.05) is 26.2 Å². The number of ether oxygens (including phenoxy) is 2. The van der Waals surface area contributed by atoms with E-state index in [1.165, 1.54) is 0 Å². The molecule has 106 valence electrons. The number of nitrogens with one attached hydrogen (secondary N) is 1. The minimum Gasteiger partial charge on any atom is -0.494 e. The van der Waals surface area contributed by atoms with Gasteiger partial charge < -0.3 is 14.8 Å². The highest BCUT2D eigenvalue weighted by atomic mass is 35.5. The van der Waals surface area contributed by atoms with Crippen LogP contribution in [0.2, 0.25) is 0 Å². The standard InChI is InChI=1S/C14H20ClNO3/c1-3-7-19-13-6-4-5-11(8-13)14(17)16-12(9-15)10-18-2/h4-6,8,12H,3,7,9-10H2,1-2H3,(H,16,17). The van der Waals surface area contributed by atoms with Gasteiger partial charge in [0.2, 0.25) is 0 Å². The van der Waals surface area contributed by atoms with Crippen LogP contribution in [-0.4, -0.2) is 38.2 Å². The van der Waals surface area contributed by atoms with E-state index in [-0.39, 0.29) is 11.9 Å². The first kappa shape index (κ1) is 15.8. The average Bonchev–Trinajstić information content (AvgIpc) is 2.44. The van der Waals surface area contributed by atoms with Crippen LogP contribution in [-0.2, 0) is 4.74 Å². The monoisotopic (exact) mass is 285 g/mol. The predicted octanol–water partition coefficient (Wildman–Crippen LogP) is 2.46. The van der Waals surface area contributed by atoms with Gasteiger partial charge in [-0.15, -0.1) is 11.6 Å². The Bertz CT molecular complexity index is 398. The number of benzene rings is 1. The van der Waals surface area contributed by atoms with E-state index >= 15 is 0 Å². The van der Waals surface area contributed by atoms with Gasteiger partial charge in [-0.2, -0.15) is 0 Å². The van der Waals surface area contributed by atoms with E-state index < -0.39 is 0 Å². The number of hydrogen-bond donors (Lipinski definition) is 1. The van der Waals surface area contributed by atoms with Gasteiger partial charge in [-0.05, 0) is 24.6 Å². The lowest BCUT2D eigenvalue weighted by atomic mass is 10.2. The Morgan fingerprint density at radius 3 is 2.89 bits per heavy atom. The molecule has 1 unspecified atom stereocenters. The van der Waals surface area contributed by atoms with Crippen LogP contribution in [0.4, 0.5) is 0 Å². The molecule has 4 nitrogen and oxygen atoms in total. The lowest BCUT2D eigenvalue weighted by Gasteiger charge is -2.15. The molecule has 1 rings (SSSR count). The fraction of sp³-hybridized carbons (Fsp3) is 0.500. The molecule has 0 aliphatic carbocycles. The third-order valence-electron chi connectivity index (χ3n) is 2.46. The Morgan fingerprint density at radius 2 is 2.26 bits per heavy atom. The molecule has 0 aromatic heterocycles. The Labute approximate surface area is 119 Å². The highest BCUT2D eigenvalue weighted by molar-refractivity contribution is 6.18. The molecule has 1 atom stereocenters. The smallest absolute Gasteiger partial charge is 0.251 e. The second kappa shape index (κ2) is 8.77. The summed E-state index contributed by atoms with van der Waals surface area (Å²) in [6, 6.07) is 6.90. The van der Waals surface area contributed by atoms with Crippen molar-refractivity contribution in [3.8, 4) is 5.75 Å². The first-order valence-electron chi connectivity index (χ1n) is 6.29. The summed E-state index contributed by atoms with van der Waals surface area (Å²) in [5, 5.41) is 2.82. The summed E-state index contributed by atoms with van der Waals surface area (Å²) in [5.74, 6) is 0.833. The molecule has 1 aromatic carbocycles. The summed E-state index contributed by atoms with van der Waals surface area (Å²) in [6.07, 6.45) is 0.929. The molecule has 5 heteroatoms. The molecule has 0 saturated carbocycles. The molecule has 1 aromatic rings. The van der Waals surface area contributed by atoms with Crippen LogP contribution in [0.15, 0.2) is 24.3 Å². The van der Waals surface area contributed by atoms with Gasteiger partial charge in [0.15, 0.2) is 0 Å². The SMILES string of the molecule is CCCOc1cccc(C(=O)NC(CCl)COC)c1. The third-order valence-corrected chi connectivity index (χ3v) is 2.83. The van der Waals surface area contributed by atoms with E-state index in [2.05, 4.69) is 5.32 Å². The first-order chi connectivity index (χ1) is 9.21. The largest absolute Gasteiger partial charge is 0.494 e.